The quantitative estimate of drug-likeness (QED) is 0.588. The Morgan fingerprint density at radius 2 is 1.40 bits per heavy atom. The van der Waals surface area contributed by atoms with Crippen molar-refractivity contribution in [1.29, 1.82) is 0 Å². The Labute approximate surface area is 54.7 Å². The van der Waals surface area contributed by atoms with Crippen LogP contribution in [0.25, 0.3) is 0 Å². The van der Waals surface area contributed by atoms with E-state index in [-0.39, 0.29) is 0 Å². The Morgan fingerprint density at radius 1 is 1.40 bits per heavy atom. The molecule has 5 heteroatoms. The molecule has 0 aliphatic carbocycles. The van der Waals surface area contributed by atoms with Gasteiger partial charge in [0, 0.05) is 0 Å². The van der Waals surface area contributed by atoms with Gasteiger partial charge in [-0.05, 0) is 0 Å². The van der Waals surface area contributed by atoms with E-state index in [4.69, 9.17) is 24.0 Å². The first-order valence-corrected chi connectivity index (χ1v) is 3.81. The summed E-state index contributed by atoms with van der Waals surface area (Å²) in [4.78, 5) is 0. The fourth-order valence-corrected chi connectivity index (χ4v) is 0. The molecule has 0 aromatic heterocycles. The van der Waals surface area contributed by atoms with Gasteiger partial charge in [-0.1, -0.05) is 0 Å². The minimum absolute atomic E-state index is 0.569. The Kier molecular flexibility index (Phi) is 34.6. The van der Waals surface area contributed by atoms with Crippen LogP contribution in [-0.2, 0) is 34.5 Å². The Balaban J connectivity index is 0. The van der Waals surface area contributed by atoms with Crippen LogP contribution in [0.4, 0.5) is 0 Å². The molecule has 0 aliphatic heterocycles. The monoisotopic (exact) mass is 246 g/mol. The summed E-state index contributed by atoms with van der Waals surface area (Å²) in [7, 11) is 9.40. The van der Waals surface area contributed by atoms with Crippen molar-refractivity contribution in [2.75, 3.05) is 0 Å². The van der Waals surface area contributed by atoms with E-state index < -0.39 is 0 Å². The molecule has 0 saturated carbocycles. The van der Waals surface area contributed by atoms with Crippen LogP contribution in [0.3, 0.4) is 0 Å². The van der Waals surface area contributed by atoms with Gasteiger partial charge in [0.05, 0.1) is 0 Å². The molecule has 0 rings (SSSR count). The topological polar surface area (TPSA) is 17.1 Å². The van der Waals surface area contributed by atoms with Crippen molar-refractivity contribution >= 4 is 20.4 Å². The van der Waals surface area contributed by atoms with E-state index in [1.807, 2.05) is 0 Å². The molecule has 0 atom stereocenters. The molecular formula is Cl2NiORu. The predicted molar refractivity (Wildman–Crippen MR) is 12.4 cm³/mol. The van der Waals surface area contributed by atoms with Gasteiger partial charge in [0.1, 0.15) is 0 Å². The van der Waals surface area contributed by atoms with Gasteiger partial charge in [0.2, 0.25) is 0 Å². The van der Waals surface area contributed by atoms with Crippen molar-refractivity contribution in [2.45, 2.75) is 0 Å². The fourth-order valence-electron chi connectivity index (χ4n) is 0. The van der Waals surface area contributed by atoms with Crippen LogP contribution in [0.5, 0.6) is 0 Å². The van der Waals surface area contributed by atoms with E-state index in [9.17, 15) is 0 Å². The van der Waals surface area contributed by atoms with Gasteiger partial charge >= 0.3 is 54.9 Å². The summed E-state index contributed by atoms with van der Waals surface area (Å²) in [6.07, 6.45) is 0. The maximum atomic E-state index is 8.18. The summed E-state index contributed by atoms with van der Waals surface area (Å²) in [6, 6.07) is 0. The Hall–Kier alpha value is 1.50. The van der Waals surface area contributed by atoms with Gasteiger partial charge in [0.15, 0.2) is 0 Å². The second kappa shape index (κ2) is 17.8. The first kappa shape index (κ1) is 9.71. The third-order valence-corrected chi connectivity index (χ3v) is 0. The van der Waals surface area contributed by atoms with Gasteiger partial charge in [-0.25, -0.2) is 0 Å². The van der Waals surface area contributed by atoms with E-state index in [1.165, 1.54) is 0 Å². The van der Waals surface area contributed by atoms with Crippen LogP contribution in [-0.4, -0.2) is 0 Å². The summed E-state index contributed by atoms with van der Waals surface area (Å²) in [5.74, 6) is 0. The molecule has 0 heterocycles. The standard InChI is InChI=1S/2ClH.Ni.O.Ru/h2*1H;;;/q;;+2;;/p-2. The Bertz CT molecular complexity index is 13.6. The molecule has 0 aliphatic rings. The molecule has 0 aromatic carbocycles. The van der Waals surface area contributed by atoms with Crippen molar-refractivity contribution in [2.24, 2.45) is 0 Å². The summed E-state index contributed by atoms with van der Waals surface area (Å²) in [6.45, 7) is 0. The first-order valence-electron chi connectivity index (χ1n) is 0.383. The van der Waals surface area contributed by atoms with Crippen LogP contribution in [0.15, 0.2) is 0 Å². The second-order valence-corrected chi connectivity index (χ2v) is 1.68. The van der Waals surface area contributed by atoms with Crippen LogP contribution >= 0.6 is 20.4 Å². The molecule has 0 unspecified atom stereocenters. The zero-order valence-electron chi connectivity index (χ0n) is 1.83. The number of rotatable bonds is 0. The summed E-state index contributed by atoms with van der Waals surface area (Å²) >= 11 is 1.67. The molecule has 0 fully saturated rings. The van der Waals surface area contributed by atoms with E-state index in [0.29, 0.717) is 12.7 Å². The molecule has 0 bridgehead atoms. The van der Waals surface area contributed by atoms with Gasteiger partial charge in [0.25, 0.3) is 0 Å². The van der Waals surface area contributed by atoms with Crippen LogP contribution in [0, 0.1) is 0 Å². The van der Waals surface area contributed by atoms with Crippen LogP contribution < -0.4 is 0 Å². The SMILES string of the molecule is [Cl][Ni][Cl].[O]=[Ru]. The normalized spacial score (nSPS) is 5.40. The van der Waals surface area contributed by atoms with Gasteiger partial charge < -0.3 is 0 Å². The molecule has 5 heavy (non-hydrogen) atoms. The molecule has 0 radical (unpaired) electrons. The number of hydrogen-bond acceptors (Lipinski definition) is 1. The number of halogens is 2. The minimum atomic E-state index is 0.569. The zero-order valence-corrected chi connectivity index (χ0v) is 6.07. The fraction of sp³-hybridized carbons (Fsp3) is 0. The molecule has 0 aromatic rings. The summed E-state index contributed by atoms with van der Waals surface area (Å²) in [5.41, 5.74) is 0. The first-order chi connectivity index (χ1) is 2.41. The van der Waals surface area contributed by atoms with Crippen molar-refractivity contribution in [3.63, 3.8) is 0 Å². The predicted octanol–water partition coefficient (Wildman–Crippen LogP) is 1.26. The van der Waals surface area contributed by atoms with E-state index in [1.54, 1.807) is 0 Å². The maximum absolute atomic E-state index is 8.18. The van der Waals surface area contributed by atoms with Crippen molar-refractivity contribution in [3.8, 4) is 0 Å². The van der Waals surface area contributed by atoms with E-state index in [0.717, 1.165) is 18.3 Å². The third-order valence-electron chi connectivity index (χ3n) is 0. The average molecular weight is 247 g/mol. The van der Waals surface area contributed by atoms with Crippen molar-refractivity contribution in [1.82, 2.24) is 0 Å². The summed E-state index contributed by atoms with van der Waals surface area (Å²) in [5, 5.41) is 0. The number of hydrogen-bond donors (Lipinski definition) is 0. The Morgan fingerprint density at radius 3 is 1.40 bits per heavy atom. The van der Waals surface area contributed by atoms with Crippen LogP contribution in [0.2, 0.25) is 0 Å². The van der Waals surface area contributed by atoms with Crippen LogP contribution in [0.1, 0.15) is 0 Å². The van der Waals surface area contributed by atoms with E-state index >= 15 is 0 Å². The van der Waals surface area contributed by atoms with Gasteiger partial charge in [-0.3, -0.25) is 0 Å². The van der Waals surface area contributed by atoms with Crippen molar-refractivity contribution < 1.29 is 34.5 Å². The molecule has 0 saturated heterocycles. The molecule has 38 valence electrons. The molecule has 1 nitrogen and oxygen atoms in total. The molecule has 0 N–H and O–H groups in total. The van der Waals surface area contributed by atoms with Gasteiger partial charge in [-0.15, -0.1) is 0 Å². The zero-order chi connectivity index (χ0) is 4.71. The second-order valence-electron chi connectivity index (χ2n) is 0.0452. The third kappa shape index (κ3) is 30.0. The average Bonchev–Trinajstić information content (AvgIpc) is 1.46. The molecular weight excluding hydrogens is 247 g/mol. The van der Waals surface area contributed by atoms with E-state index in [2.05, 4.69) is 0 Å². The summed E-state index contributed by atoms with van der Waals surface area (Å²) < 4.78 is 8.18. The molecule has 0 spiro atoms. The molecule has 0 amide bonds. The van der Waals surface area contributed by atoms with Crippen molar-refractivity contribution in [3.05, 3.63) is 0 Å². The van der Waals surface area contributed by atoms with Gasteiger partial charge in [-0.2, -0.15) is 0 Å².